The predicted molar refractivity (Wildman–Crippen MR) is 323 cm³/mol. The van der Waals surface area contributed by atoms with Crippen LogP contribution in [0.25, 0.3) is 0 Å². The van der Waals surface area contributed by atoms with Crippen molar-refractivity contribution in [3.8, 4) is 0 Å². The van der Waals surface area contributed by atoms with Gasteiger partial charge in [-0.3, -0.25) is 4.79 Å². The number of aliphatic hydroxyl groups excluding tert-OH is 5. The molecular weight excluding hydrogens is 947 g/mol. The van der Waals surface area contributed by atoms with E-state index < -0.39 is 49.5 Å². The summed E-state index contributed by atoms with van der Waals surface area (Å²) in [5, 5.41) is 54.7. The molecule has 76 heavy (non-hydrogen) atoms. The first-order valence-corrected chi connectivity index (χ1v) is 33.6. The Morgan fingerprint density at radius 1 is 0.434 bits per heavy atom. The van der Waals surface area contributed by atoms with E-state index in [0.29, 0.717) is 6.42 Å². The van der Waals surface area contributed by atoms with Gasteiger partial charge < -0.3 is 40.3 Å². The second-order valence-corrected chi connectivity index (χ2v) is 23.6. The highest BCUT2D eigenvalue weighted by Crippen LogP contribution is 2.23. The van der Waals surface area contributed by atoms with Crippen LogP contribution >= 0.6 is 0 Å². The van der Waals surface area contributed by atoms with Crippen LogP contribution in [0.2, 0.25) is 0 Å². The Hall–Kier alpha value is -1.33. The van der Waals surface area contributed by atoms with E-state index in [-0.39, 0.29) is 12.5 Å². The van der Waals surface area contributed by atoms with Gasteiger partial charge in [0.1, 0.15) is 24.4 Å². The van der Waals surface area contributed by atoms with Crippen molar-refractivity contribution in [2.45, 2.75) is 384 Å². The van der Waals surface area contributed by atoms with Crippen LogP contribution in [0.15, 0.2) is 24.3 Å². The number of allylic oxidation sites excluding steroid dienone is 3. The molecule has 6 N–H and O–H groups in total. The number of unbranched alkanes of at least 4 members (excludes halogenated alkanes) is 47. The van der Waals surface area contributed by atoms with Crippen LogP contribution in [-0.4, -0.2) is 87.5 Å². The summed E-state index contributed by atoms with van der Waals surface area (Å²) in [5.41, 5.74) is 0. The number of amides is 1. The normalized spacial score (nSPS) is 18.9. The average molecular weight is 1080 g/mol. The number of nitrogens with one attached hydrogen (secondary N) is 1. The summed E-state index contributed by atoms with van der Waals surface area (Å²) in [6, 6.07) is -0.820. The van der Waals surface area contributed by atoms with Gasteiger partial charge >= 0.3 is 0 Å². The van der Waals surface area contributed by atoms with Crippen molar-refractivity contribution in [1.82, 2.24) is 5.32 Å². The maximum absolute atomic E-state index is 13.1. The molecule has 0 aromatic heterocycles. The number of aliphatic hydroxyl groups is 5. The van der Waals surface area contributed by atoms with Crippen molar-refractivity contribution in [1.29, 1.82) is 0 Å². The molecular formula is C67H129NO8. The summed E-state index contributed by atoms with van der Waals surface area (Å²) in [6.07, 6.45) is 67.1. The molecule has 9 heteroatoms. The third-order valence-electron chi connectivity index (χ3n) is 16.3. The van der Waals surface area contributed by atoms with Gasteiger partial charge in [0.05, 0.1) is 25.4 Å². The molecule has 1 aliphatic heterocycles. The van der Waals surface area contributed by atoms with Gasteiger partial charge in [0.25, 0.3) is 0 Å². The first-order valence-electron chi connectivity index (χ1n) is 33.6. The Morgan fingerprint density at radius 2 is 0.750 bits per heavy atom. The highest BCUT2D eigenvalue weighted by atomic mass is 16.7. The van der Waals surface area contributed by atoms with E-state index in [2.05, 4.69) is 31.3 Å². The average Bonchev–Trinajstić information content (AvgIpc) is 3.42. The topological polar surface area (TPSA) is 149 Å². The van der Waals surface area contributed by atoms with Gasteiger partial charge in [-0.25, -0.2) is 0 Å². The first-order chi connectivity index (χ1) is 37.3. The molecule has 1 aliphatic rings. The summed E-state index contributed by atoms with van der Waals surface area (Å²) in [4.78, 5) is 13.1. The van der Waals surface area contributed by atoms with E-state index in [1.807, 2.05) is 6.08 Å². The van der Waals surface area contributed by atoms with Crippen LogP contribution < -0.4 is 5.32 Å². The standard InChI is InChI=1S/C67H129NO8/c1-3-5-7-9-11-13-15-17-19-21-23-25-27-28-29-30-31-32-33-34-35-36-38-40-42-44-46-48-50-52-54-56-61(70)60(59-75-67-66(74)65(73)64(72)62(58-69)76-67)68-63(71)57-55-53-51-49-47-45-43-41-39-37-26-24-22-20-18-16-14-12-10-8-6-4-2/h46,48,54,56,60-62,64-67,69-70,72-74H,3-45,47,49-53,55,57-59H2,1-2H3,(H,68,71)/b48-46+,56-54+. The van der Waals surface area contributed by atoms with Crippen molar-refractivity contribution in [3.63, 3.8) is 0 Å². The number of carbonyl (C=O) groups is 1. The molecule has 0 spiro atoms. The van der Waals surface area contributed by atoms with E-state index in [1.54, 1.807) is 6.08 Å². The molecule has 450 valence electrons. The SMILES string of the molecule is CCCCCCCCCCCCCCCCCCCCCCCCCCC/C=C/CC/C=C/C(O)C(COC1OC(CO)C(O)C(O)C1O)NC(=O)CCCCCCCCCCCCCCCCCCCCCCCC. The number of carbonyl (C=O) groups excluding carboxylic acids is 1. The van der Waals surface area contributed by atoms with Crippen LogP contribution in [-0.2, 0) is 14.3 Å². The molecule has 0 bridgehead atoms. The molecule has 1 rings (SSSR count). The molecule has 0 radical (unpaired) electrons. The van der Waals surface area contributed by atoms with E-state index in [1.165, 1.54) is 283 Å². The van der Waals surface area contributed by atoms with E-state index >= 15 is 0 Å². The lowest BCUT2D eigenvalue weighted by Crippen LogP contribution is -2.60. The molecule has 0 aliphatic carbocycles. The Morgan fingerprint density at radius 3 is 1.11 bits per heavy atom. The van der Waals surface area contributed by atoms with Gasteiger partial charge in [0, 0.05) is 6.42 Å². The number of hydrogen-bond donors (Lipinski definition) is 6. The molecule has 1 amide bonds. The minimum atomic E-state index is -1.57. The zero-order valence-corrected chi connectivity index (χ0v) is 50.3. The maximum Gasteiger partial charge on any atom is 0.220 e. The summed E-state index contributed by atoms with van der Waals surface area (Å²) in [6.45, 7) is 3.82. The quantitative estimate of drug-likeness (QED) is 0.0261. The highest BCUT2D eigenvalue weighted by Gasteiger charge is 2.44. The third kappa shape index (κ3) is 45.4. The van der Waals surface area contributed by atoms with Gasteiger partial charge in [-0.05, 0) is 32.1 Å². The van der Waals surface area contributed by atoms with Gasteiger partial charge in [-0.2, -0.15) is 0 Å². The number of hydrogen-bond acceptors (Lipinski definition) is 8. The molecule has 0 aromatic carbocycles. The first kappa shape index (κ1) is 72.7. The summed E-state index contributed by atoms with van der Waals surface area (Å²) in [5.74, 6) is -0.179. The lowest BCUT2D eigenvalue weighted by molar-refractivity contribution is -0.302. The van der Waals surface area contributed by atoms with Crippen molar-refractivity contribution < 1.29 is 39.8 Å². The van der Waals surface area contributed by atoms with E-state index in [9.17, 15) is 30.3 Å². The van der Waals surface area contributed by atoms with Crippen LogP contribution in [0.3, 0.4) is 0 Å². The maximum atomic E-state index is 13.1. The summed E-state index contributed by atoms with van der Waals surface area (Å²) < 4.78 is 11.3. The Kier molecular flexibility index (Phi) is 54.4. The van der Waals surface area contributed by atoms with Crippen molar-refractivity contribution in [3.05, 3.63) is 24.3 Å². The number of rotatable bonds is 59. The molecule has 1 saturated heterocycles. The molecule has 0 aromatic rings. The molecule has 1 heterocycles. The van der Waals surface area contributed by atoms with Crippen LogP contribution in [0, 0.1) is 0 Å². The van der Waals surface area contributed by atoms with Crippen LogP contribution in [0.4, 0.5) is 0 Å². The molecule has 9 nitrogen and oxygen atoms in total. The lowest BCUT2D eigenvalue weighted by Gasteiger charge is -2.40. The predicted octanol–water partition coefficient (Wildman–Crippen LogP) is 17.7. The van der Waals surface area contributed by atoms with Gasteiger partial charge in [-0.1, -0.05) is 327 Å². The van der Waals surface area contributed by atoms with Gasteiger partial charge in [-0.15, -0.1) is 0 Å². The van der Waals surface area contributed by atoms with Gasteiger partial charge in [0.2, 0.25) is 5.91 Å². The fourth-order valence-electron chi connectivity index (χ4n) is 11.0. The Labute approximate surface area is 470 Å². The molecule has 1 fully saturated rings. The van der Waals surface area contributed by atoms with E-state index in [0.717, 1.165) is 38.5 Å². The molecule has 0 saturated carbocycles. The lowest BCUT2D eigenvalue weighted by atomic mass is 9.99. The second kappa shape index (κ2) is 56.9. The van der Waals surface area contributed by atoms with Gasteiger partial charge in [0.15, 0.2) is 6.29 Å². The van der Waals surface area contributed by atoms with Crippen molar-refractivity contribution in [2.24, 2.45) is 0 Å². The van der Waals surface area contributed by atoms with Crippen molar-refractivity contribution in [2.75, 3.05) is 13.2 Å². The fraction of sp³-hybridized carbons (Fsp3) is 0.925. The fourth-order valence-corrected chi connectivity index (χ4v) is 11.0. The van der Waals surface area contributed by atoms with Crippen molar-refractivity contribution >= 4 is 5.91 Å². The number of ether oxygens (including phenoxy) is 2. The third-order valence-corrected chi connectivity index (χ3v) is 16.3. The minimum absolute atomic E-state index is 0.179. The smallest absolute Gasteiger partial charge is 0.220 e. The molecule has 7 unspecified atom stereocenters. The summed E-state index contributed by atoms with van der Waals surface area (Å²) >= 11 is 0. The zero-order chi connectivity index (χ0) is 55.0. The zero-order valence-electron chi connectivity index (χ0n) is 50.3. The Balaban J connectivity index is 2.16. The largest absolute Gasteiger partial charge is 0.394 e. The van der Waals surface area contributed by atoms with Crippen LogP contribution in [0.1, 0.15) is 341 Å². The monoisotopic (exact) mass is 1080 g/mol. The van der Waals surface area contributed by atoms with E-state index in [4.69, 9.17) is 9.47 Å². The molecule has 7 atom stereocenters. The van der Waals surface area contributed by atoms with Crippen LogP contribution in [0.5, 0.6) is 0 Å². The summed E-state index contributed by atoms with van der Waals surface area (Å²) in [7, 11) is 0. The Bertz CT molecular complexity index is 1250. The highest BCUT2D eigenvalue weighted by molar-refractivity contribution is 5.76. The second-order valence-electron chi connectivity index (χ2n) is 23.6. The minimum Gasteiger partial charge on any atom is -0.394 e.